The molecule has 0 spiro atoms. The molecule has 0 aliphatic carbocycles. The van der Waals surface area contributed by atoms with Gasteiger partial charge in [-0.25, -0.2) is 10.7 Å². The summed E-state index contributed by atoms with van der Waals surface area (Å²) >= 11 is 0. The molecule has 0 bridgehead atoms. The number of hydrogen-bond donors (Lipinski definition) is 1. The van der Waals surface area contributed by atoms with Crippen molar-refractivity contribution >= 4 is 11.7 Å². The molecule has 2 rings (SSSR count). The minimum atomic E-state index is -0.301. The molecule has 0 amide bonds. The molecule has 5 heteroatoms. The number of nitrogens with two attached hydrogens (primary N) is 1. The lowest BCUT2D eigenvalue weighted by atomic mass is 9.97. The van der Waals surface area contributed by atoms with Crippen LogP contribution in [0.25, 0.3) is 0 Å². The van der Waals surface area contributed by atoms with Crippen LogP contribution in [0, 0.1) is 5.92 Å². The zero-order valence-electron chi connectivity index (χ0n) is 11.2. The van der Waals surface area contributed by atoms with Crippen molar-refractivity contribution in [3.8, 4) is 0 Å². The number of anilines is 1. The summed E-state index contributed by atoms with van der Waals surface area (Å²) in [6, 6.07) is 7.53. The number of rotatable bonds is 4. The van der Waals surface area contributed by atoms with Gasteiger partial charge in [-0.05, 0) is 43.0 Å². The molecule has 0 saturated carbocycles. The summed E-state index contributed by atoms with van der Waals surface area (Å²) < 4.78 is 4.68. The van der Waals surface area contributed by atoms with Crippen LogP contribution in [0.5, 0.6) is 0 Å². The van der Waals surface area contributed by atoms with Gasteiger partial charge in [0.25, 0.3) is 0 Å². The Balaban J connectivity index is 1.94. The highest BCUT2D eigenvalue weighted by molar-refractivity contribution is 5.89. The second-order valence-electron chi connectivity index (χ2n) is 4.80. The molecule has 19 heavy (non-hydrogen) atoms. The van der Waals surface area contributed by atoms with E-state index >= 15 is 0 Å². The molecule has 0 unspecified atom stereocenters. The van der Waals surface area contributed by atoms with E-state index in [-0.39, 0.29) is 5.97 Å². The van der Waals surface area contributed by atoms with Gasteiger partial charge in [0.2, 0.25) is 0 Å². The molecule has 1 aromatic carbocycles. The van der Waals surface area contributed by atoms with Crippen LogP contribution in [0.1, 0.15) is 23.2 Å². The van der Waals surface area contributed by atoms with Crippen molar-refractivity contribution in [2.45, 2.75) is 12.8 Å². The number of benzene rings is 1. The molecule has 104 valence electrons. The van der Waals surface area contributed by atoms with Crippen LogP contribution in [-0.4, -0.2) is 32.8 Å². The van der Waals surface area contributed by atoms with Crippen LogP contribution in [0.4, 0.5) is 5.69 Å². The van der Waals surface area contributed by atoms with Gasteiger partial charge in [-0.3, -0.25) is 0 Å². The van der Waals surface area contributed by atoms with Gasteiger partial charge in [0.1, 0.15) is 0 Å². The number of nitrogens with zero attached hydrogens (tertiary/aromatic N) is 1. The summed E-state index contributed by atoms with van der Waals surface area (Å²) in [5.74, 6) is 5.36. The molecule has 2 N–H and O–H groups in total. The molecular formula is C14H20N2O3. The van der Waals surface area contributed by atoms with Crippen molar-refractivity contribution in [1.29, 1.82) is 0 Å². The maximum Gasteiger partial charge on any atom is 0.337 e. The SMILES string of the molecule is COC(=O)c1ccc(N2CCC(CON)CC2)cc1. The lowest BCUT2D eigenvalue weighted by Gasteiger charge is -2.33. The van der Waals surface area contributed by atoms with E-state index in [4.69, 9.17) is 10.7 Å². The number of hydrogen-bond acceptors (Lipinski definition) is 5. The standard InChI is InChI=1S/C14H20N2O3/c1-18-14(17)12-2-4-13(5-3-12)16-8-6-11(7-9-16)10-19-15/h2-5,11H,6-10,15H2,1H3. The number of esters is 1. The fraction of sp³-hybridized carbons (Fsp3) is 0.500. The first-order chi connectivity index (χ1) is 9.24. The Hall–Kier alpha value is -1.59. The third kappa shape index (κ3) is 3.45. The Morgan fingerprint density at radius 3 is 2.47 bits per heavy atom. The summed E-state index contributed by atoms with van der Waals surface area (Å²) in [5, 5.41) is 0. The minimum Gasteiger partial charge on any atom is -0.465 e. The largest absolute Gasteiger partial charge is 0.465 e. The van der Waals surface area contributed by atoms with Crippen LogP contribution in [-0.2, 0) is 9.57 Å². The van der Waals surface area contributed by atoms with Gasteiger partial charge in [0, 0.05) is 18.8 Å². The average molecular weight is 264 g/mol. The van der Waals surface area contributed by atoms with Crippen molar-refractivity contribution in [3.63, 3.8) is 0 Å². The summed E-state index contributed by atoms with van der Waals surface area (Å²) in [5.41, 5.74) is 1.72. The van der Waals surface area contributed by atoms with Crippen LogP contribution < -0.4 is 10.8 Å². The summed E-state index contributed by atoms with van der Waals surface area (Å²) in [4.78, 5) is 18.4. The fourth-order valence-corrected chi connectivity index (χ4v) is 2.42. The monoisotopic (exact) mass is 264 g/mol. The molecule has 0 aromatic heterocycles. The van der Waals surface area contributed by atoms with Gasteiger partial charge in [0.15, 0.2) is 0 Å². The first-order valence-electron chi connectivity index (χ1n) is 6.49. The van der Waals surface area contributed by atoms with E-state index < -0.39 is 0 Å². The molecule has 1 aromatic rings. The van der Waals surface area contributed by atoms with Crippen molar-refractivity contribution in [2.24, 2.45) is 11.8 Å². The van der Waals surface area contributed by atoms with Gasteiger partial charge in [-0.15, -0.1) is 0 Å². The van der Waals surface area contributed by atoms with E-state index in [2.05, 4.69) is 9.64 Å². The van der Waals surface area contributed by atoms with Gasteiger partial charge < -0.3 is 14.5 Å². The molecule has 1 heterocycles. The molecule has 0 atom stereocenters. The summed E-state index contributed by atoms with van der Waals surface area (Å²) in [6.45, 7) is 2.62. The van der Waals surface area contributed by atoms with Crippen LogP contribution in [0.2, 0.25) is 0 Å². The van der Waals surface area contributed by atoms with E-state index in [0.717, 1.165) is 31.6 Å². The Labute approximate surface area is 113 Å². The van der Waals surface area contributed by atoms with Crippen molar-refractivity contribution in [1.82, 2.24) is 0 Å². The normalized spacial score (nSPS) is 16.4. The van der Waals surface area contributed by atoms with Crippen molar-refractivity contribution in [2.75, 3.05) is 31.7 Å². The second kappa shape index (κ2) is 6.54. The minimum absolute atomic E-state index is 0.301. The van der Waals surface area contributed by atoms with E-state index in [1.54, 1.807) is 12.1 Å². The summed E-state index contributed by atoms with van der Waals surface area (Å²) in [6.07, 6.45) is 2.16. The zero-order chi connectivity index (χ0) is 13.7. The maximum absolute atomic E-state index is 11.4. The molecule has 5 nitrogen and oxygen atoms in total. The smallest absolute Gasteiger partial charge is 0.337 e. The molecule has 1 fully saturated rings. The highest BCUT2D eigenvalue weighted by atomic mass is 16.6. The average Bonchev–Trinajstić information content (AvgIpc) is 2.48. The third-order valence-corrected chi connectivity index (χ3v) is 3.60. The number of carbonyl (C=O) groups excluding carboxylic acids is 1. The van der Waals surface area contributed by atoms with E-state index in [9.17, 15) is 4.79 Å². The topological polar surface area (TPSA) is 64.8 Å². The Kier molecular flexibility index (Phi) is 4.76. The quantitative estimate of drug-likeness (QED) is 0.660. The van der Waals surface area contributed by atoms with E-state index in [0.29, 0.717) is 18.1 Å². The van der Waals surface area contributed by atoms with E-state index in [1.807, 2.05) is 12.1 Å². The van der Waals surface area contributed by atoms with Crippen LogP contribution >= 0.6 is 0 Å². The first-order valence-corrected chi connectivity index (χ1v) is 6.49. The molecule has 0 radical (unpaired) electrons. The Bertz CT molecular complexity index is 411. The highest BCUT2D eigenvalue weighted by Crippen LogP contribution is 2.23. The first kappa shape index (κ1) is 13.8. The number of methoxy groups -OCH3 is 1. The number of ether oxygens (including phenoxy) is 1. The lowest BCUT2D eigenvalue weighted by Crippen LogP contribution is -2.35. The predicted molar refractivity (Wildman–Crippen MR) is 72.9 cm³/mol. The van der Waals surface area contributed by atoms with Gasteiger partial charge in [-0.1, -0.05) is 0 Å². The Morgan fingerprint density at radius 1 is 1.32 bits per heavy atom. The third-order valence-electron chi connectivity index (χ3n) is 3.60. The van der Waals surface area contributed by atoms with E-state index in [1.165, 1.54) is 7.11 Å². The lowest BCUT2D eigenvalue weighted by molar-refractivity contribution is 0.0601. The second-order valence-corrected chi connectivity index (χ2v) is 4.80. The molecular weight excluding hydrogens is 244 g/mol. The van der Waals surface area contributed by atoms with Gasteiger partial charge >= 0.3 is 5.97 Å². The fourth-order valence-electron chi connectivity index (χ4n) is 2.42. The van der Waals surface area contributed by atoms with Crippen molar-refractivity contribution < 1.29 is 14.4 Å². The Morgan fingerprint density at radius 2 is 1.95 bits per heavy atom. The summed E-state index contributed by atoms with van der Waals surface area (Å²) in [7, 11) is 1.39. The van der Waals surface area contributed by atoms with Crippen LogP contribution in [0.15, 0.2) is 24.3 Å². The maximum atomic E-state index is 11.4. The van der Waals surface area contributed by atoms with Gasteiger partial charge in [0.05, 0.1) is 19.3 Å². The molecule has 1 aliphatic heterocycles. The van der Waals surface area contributed by atoms with Crippen molar-refractivity contribution in [3.05, 3.63) is 29.8 Å². The highest BCUT2D eigenvalue weighted by Gasteiger charge is 2.19. The number of carbonyl (C=O) groups is 1. The van der Waals surface area contributed by atoms with Gasteiger partial charge in [-0.2, -0.15) is 0 Å². The zero-order valence-corrected chi connectivity index (χ0v) is 11.2. The predicted octanol–water partition coefficient (Wildman–Crippen LogP) is 1.58. The van der Waals surface area contributed by atoms with Crippen LogP contribution in [0.3, 0.4) is 0 Å². The molecule has 1 saturated heterocycles. The number of piperidine rings is 1. The molecule has 1 aliphatic rings.